The Balaban J connectivity index is 1.26. The molecule has 2 fully saturated rings. The van der Waals surface area contributed by atoms with Crippen LogP contribution >= 0.6 is 0 Å². The number of carbonyl (C=O) groups is 1. The quantitative estimate of drug-likeness (QED) is 0.701. The Morgan fingerprint density at radius 3 is 2.48 bits per heavy atom. The van der Waals surface area contributed by atoms with E-state index in [2.05, 4.69) is 40.1 Å². The molecule has 2 heterocycles. The molecular formula is C23H30N2O2. The average Bonchev–Trinajstić information content (AvgIpc) is 3.36. The van der Waals surface area contributed by atoms with Gasteiger partial charge in [-0.15, -0.1) is 0 Å². The predicted molar refractivity (Wildman–Crippen MR) is 107 cm³/mol. The highest BCUT2D eigenvalue weighted by Gasteiger charge is 2.34. The third-order valence-electron chi connectivity index (χ3n) is 5.93. The Labute approximate surface area is 162 Å². The van der Waals surface area contributed by atoms with E-state index in [1.807, 2.05) is 0 Å². The summed E-state index contributed by atoms with van der Waals surface area (Å²) in [6.07, 6.45) is 8.62. The molecule has 1 saturated carbocycles. The molecule has 27 heavy (non-hydrogen) atoms. The number of piperidine rings is 1. The lowest BCUT2D eigenvalue weighted by molar-refractivity contribution is 0.0527. The second-order valence-corrected chi connectivity index (χ2v) is 8.04. The van der Waals surface area contributed by atoms with Gasteiger partial charge in [0.1, 0.15) is 0 Å². The van der Waals surface area contributed by atoms with Crippen LogP contribution in [0.1, 0.15) is 48.2 Å². The minimum Gasteiger partial charge on any atom is -0.459 e. The van der Waals surface area contributed by atoms with Gasteiger partial charge in [-0.2, -0.15) is 0 Å². The third-order valence-corrected chi connectivity index (χ3v) is 5.93. The molecule has 4 nitrogen and oxygen atoms in total. The van der Waals surface area contributed by atoms with Crippen LogP contribution in [0.4, 0.5) is 0 Å². The van der Waals surface area contributed by atoms with Crippen molar-refractivity contribution < 1.29 is 9.21 Å². The van der Waals surface area contributed by atoms with Gasteiger partial charge >= 0.3 is 0 Å². The fraction of sp³-hybridized carbons (Fsp3) is 0.522. The Hall–Kier alpha value is -2.07. The molecule has 0 atom stereocenters. The second kappa shape index (κ2) is 8.75. The van der Waals surface area contributed by atoms with Crippen LogP contribution in [0, 0.1) is 5.92 Å². The van der Waals surface area contributed by atoms with Crippen molar-refractivity contribution in [3.63, 3.8) is 0 Å². The number of amides is 1. The van der Waals surface area contributed by atoms with Crippen LogP contribution in [0.2, 0.25) is 0 Å². The van der Waals surface area contributed by atoms with Crippen molar-refractivity contribution in [3.8, 4) is 0 Å². The summed E-state index contributed by atoms with van der Waals surface area (Å²) in [4.78, 5) is 17.6. The van der Waals surface area contributed by atoms with Gasteiger partial charge in [-0.3, -0.25) is 4.79 Å². The van der Waals surface area contributed by atoms with E-state index in [0.717, 1.165) is 45.4 Å². The van der Waals surface area contributed by atoms with E-state index >= 15 is 0 Å². The zero-order chi connectivity index (χ0) is 18.5. The molecule has 1 aliphatic carbocycles. The summed E-state index contributed by atoms with van der Waals surface area (Å²) in [6.45, 7) is 4.23. The van der Waals surface area contributed by atoms with Crippen LogP contribution in [-0.2, 0) is 6.42 Å². The first kappa shape index (κ1) is 18.3. The van der Waals surface area contributed by atoms with Gasteiger partial charge in [-0.05, 0) is 68.7 Å². The van der Waals surface area contributed by atoms with Crippen LogP contribution in [-0.4, -0.2) is 47.9 Å². The first-order valence-electron chi connectivity index (χ1n) is 10.4. The largest absolute Gasteiger partial charge is 0.459 e. The fourth-order valence-electron chi connectivity index (χ4n) is 4.12. The molecule has 2 aromatic rings. The van der Waals surface area contributed by atoms with E-state index in [4.69, 9.17) is 4.42 Å². The van der Waals surface area contributed by atoms with Gasteiger partial charge in [0.25, 0.3) is 5.91 Å². The zero-order valence-electron chi connectivity index (χ0n) is 16.1. The second-order valence-electron chi connectivity index (χ2n) is 8.04. The minimum absolute atomic E-state index is 0.0782. The summed E-state index contributed by atoms with van der Waals surface area (Å²) in [6, 6.07) is 14.7. The molecule has 4 heteroatoms. The predicted octanol–water partition coefficient (Wildman–Crippen LogP) is 4.23. The molecule has 0 bridgehead atoms. The summed E-state index contributed by atoms with van der Waals surface area (Å²) in [5, 5.41) is 0. The first-order chi connectivity index (χ1) is 13.3. The number of benzene rings is 1. The Bertz CT molecular complexity index is 701. The molecule has 1 aromatic carbocycles. The Morgan fingerprint density at radius 1 is 1.04 bits per heavy atom. The summed E-state index contributed by atoms with van der Waals surface area (Å²) < 4.78 is 5.38. The van der Waals surface area contributed by atoms with Gasteiger partial charge in [0.15, 0.2) is 5.76 Å². The SMILES string of the molecule is O=C(c1ccco1)N(CC1CC1)C1CCN(CCCc2ccccc2)CC1. The molecular weight excluding hydrogens is 336 g/mol. The number of likely N-dealkylation sites (tertiary alicyclic amines) is 1. The number of hydrogen-bond donors (Lipinski definition) is 0. The number of carbonyl (C=O) groups excluding carboxylic acids is 1. The lowest BCUT2D eigenvalue weighted by atomic mass is 10.0. The van der Waals surface area contributed by atoms with Gasteiger partial charge in [0.05, 0.1) is 6.26 Å². The van der Waals surface area contributed by atoms with E-state index in [1.54, 1.807) is 18.4 Å². The Morgan fingerprint density at radius 2 is 1.81 bits per heavy atom. The molecule has 4 rings (SSSR count). The molecule has 1 saturated heterocycles. The van der Waals surface area contributed by atoms with Crippen LogP contribution in [0.15, 0.2) is 53.1 Å². The molecule has 1 aliphatic heterocycles. The van der Waals surface area contributed by atoms with E-state index < -0.39 is 0 Å². The summed E-state index contributed by atoms with van der Waals surface area (Å²) in [5.41, 5.74) is 1.42. The third kappa shape index (κ3) is 5.01. The van der Waals surface area contributed by atoms with Gasteiger partial charge < -0.3 is 14.2 Å². The maximum atomic E-state index is 12.9. The van der Waals surface area contributed by atoms with Crippen molar-refractivity contribution in [1.82, 2.24) is 9.80 Å². The van der Waals surface area contributed by atoms with E-state index in [1.165, 1.54) is 24.8 Å². The highest BCUT2D eigenvalue weighted by atomic mass is 16.3. The summed E-state index contributed by atoms with van der Waals surface area (Å²) >= 11 is 0. The van der Waals surface area contributed by atoms with Crippen LogP contribution in [0.25, 0.3) is 0 Å². The summed E-state index contributed by atoms with van der Waals surface area (Å²) in [5.74, 6) is 1.27. The van der Waals surface area contributed by atoms with Crippen molar-refractivity contribution in [2.24, 2.45) is 5.92 Å². The number of aryl methyl sites for hydroxylation is 1. The van der Waals surface area contributed by atoms with Gasteiger partial charge in [-0.1, -0.05) is 30.3 Å². The van der Waals surface area contributed by atoms with E-state index in [-0.39, 0.29) is 5.91 Å². The normalized spacial score (nSPS) is 18.5. The molecule has 2 aliphatic rings. The van der Waals surface area contributed by atoms with Crippen LogP contribution < -0.4 is 0 Å². The lowest BCUT2D eigenvalue weighted by Crippen LogP contribution is -2.48. The van der Waals surface area contributed by atoms with Gasteiger partial charge in [0.2, 0.25) is 0 Å². The Kier molecular flexibility index (Phi) is 5.93. The zero-order valence-corrected chi connectivity index (χ0v) is 16.1. The molecule has 144 valence electrons. The molecule has 0 N–H and O–H groups in total. The van der Waals surface area contributed by atoms with E-state index in [0.29, 0.717) is 17.7 Å². The maximum absolute atomic E-state index is 12.9. The molecule has 0 unspecified atom stereocenters. The number of rotatable bonds is 8. The maximum Gasteiger partial charge on any atom is 0.289 e. The molecule has 0 radical (unpaired) electrons. The topological polar surface area (TPSA) is 36.7 Å². The van der Waals surface area contributed by atoms with Crippen molar-refractivity contribution in [1.29, 1.82) is 0 Å². The highest BCUT2D eigenvalue weighted by Crippen LogP contribution is 2.32. The lowest BCUT2D eigenvalue weighted by Gasteiger charge is -2.38. The van der Waals surface area contributed by atoms with Gasteiger partial charge in [0, 0.05) is 25.7 Å². The number of furan rings is 1. The average molecular weight is 367 g/mol. The van der Waals surface area contributed by atoms with Crippen LogP contribution in [0.5, 0.6) is 0 Å². The number of nitrogens with zero attached hydrogens (tertiary/aromatic N) is 2. The van der Waals surface area contributed by atoms with Crippen molar-refractivity contribution in [2.45, 2.75) is 44.6 Å². The van der Waals surface area contributed by atoms with E-state index in [9.17, 15) is 4.79 Å². The van der Waals surface area contributed by atoms with Gasteiger partial charge in [-0.25, -0.2) is 0 Å². The number of hydrogen-bond acceptors (Lipinski definition) is 3. The van der Waals surface area contributed by atoms with Crippen molar-refractivity contribution in [3.05, 3.63) is 60.1 Å². The smallest absolute Gasteiger partial charge is 0.289 e. The van der Waals surface area contributed by atoms with Crippen molar-refractivity contribution in [2.75, 3.05) is 26.2 Å². The monoisotopic (exact) mass is 366 g/mol. The molecule has 1 amide bonds. The standard InChI is InChI=1S/C23H30N2O2/c26-23(22-9-5-17-27-22)25(18-20-10-11-20)21-12-15-24(16-13-21)14-4-8-19-6-2-1-3-7-19/h1-3,5-7,9,17,20-21H,4,8,10-16,18H2. The minimum atomic E-state index is 0.0782. The fourth-order valence-corrected chi connectivity index (χ4v) is 4.12. The van der Waals surface area contributed by atoms with Crippen LogP contribution in [0.3, 0.4) is 0 Å². The highest BCUT2D eigenvalue weighted by molar-refractivity contribution is 5.91. The van der Waals surface area contributed by atoms with Crippen molar-refractivity contribution >= 4 is 5.91 Å². The first-order valence-corrected chi connectivity index (χ1v) is 10.4. The molecule has 0 spiro atoms. The summed E-state index contributed by atoms with van der Waals surface area (Å²) in [7, 11) is 0. The molecule has 1 aromatic heterocycles.